The number of anilines is 1. The van der Waals surface area contributed by atoms with Gasteiger partial charge in [0, 0.05) is 27.9 Å². The molecule has 1 amide bonds. The number of sulfone groups is 1. The number of hydrogen-bond donors (Lipinski definition) is 1. The fraction of sp³-hybridized carbons (Fsp3) is 0.409. The number of benzene rings is 2. The van der Waals surface area contributed by atoms with Gasteiger partial charge in [0.2, 0.25) is 0 Å². The maximum Gasteiger partial charge on any atom is 0.257 e. The van der Waals surface area contributed by atoms with E-state index in [1.807, 2.05) is 0 Å². The van der Waals surface area contributed by atoms with Crippen molar-refractivity contribution in [3.05, 3.63) is 54.1 Å². The van der Waals surface area contributed by atoms with E-state index in [0.717, 1.165) is 25.7 Å². The predicted molar refractivity (Wildman–Crippen MR) is 124 cm³/mol. The van der Waals surface area contributed by atoms with E-state index >= 15 is 0 Å². The molecule has 0 aromatic heterocycles. The van der Waals surface area contributed by atoms with Gasteiger partial charge in [-0.25, -0.2) is 12.6 Å². The number of unbranched alkanes of at least 4 members (excludes halogenated alkanes) is 4. The fourth-order valence-electron chi connectivity index (χ4n) is 2.94. The van der Waals surface area contributed by atoms with Crippen LogP contribution in [-0.2, 0) is 19.6 Å². The highest BCUT2D eigenvalue weighted by Crippen LogP contribution is 2.23. The molecule has 6 nitrogen and oxygen atoms in total. The molecule has 0 spiro atoms. The Bertz CT molecular complexity index is 1080. The molecular weight excluding hydrogens is 420 g/mol. The Hall–Kier alpha value is -2.19. The Labute approximate surface area is 180 Å². The third-order valence-electron chi connectivity index (χ3n) is 4.45. The second-order valence-electron chi connectivity index (χ2n) is 7.50. The first-order valence-corrected chi connectivity index (χ1v) is 14.0. The zero-order valence-electron chi connectivity index (χ0n) is 17.8. The normalized spacial score (nSPS) is 11.8. The molecule has 0 bridgehead atoms. The van der Waals surface area contributed by atoms with Crippen LogP contribution in [0.25, 0.3) is 0 Å². The first-order chi connectivity index (χ1) is 14.1. The van der Waals surface area contributed by atoms with Crippen molar-refractivity contribution in [2.24, 2.45) is 4.36 Å². The second-order valence-corrected chi connectivity index (χ2v) is 12.2. The van der Waals surface area contributed by atoms with Crippen molar-refractivity contribution in [3.63, 3.8) is 0 Å². The minimum Gasteiger partial charge on any atom is -0.322 e. The molecule has 0 saturated carbocycles. The van der Waals surface area contributed by atoms with Gasteiger partial charge in [0.05, 0.1) is 21.9 Å². The first-order valence-electron chi connectivity index (χ1n) is 10.0. The van der Waals surface area contributed by atoms with Gasteiger partial charge in [-0.2, -0.15) is 4.36 Å². The lowest BCUT2D eigenvalue weighted by atomic mass is 10.1. The SMILES string of the molecule is CCCCCCCS(=O)(=O)c1ccc(NC(=O)c2ccccc2N=S(C)(C)=O)cc1. The highest BCUT2D eigenvalue weighted by atomic mass is 32.2. The summed E-state index contributed by atoms with van der Waals surface area (Å²) in [6.45, 7) is 2.12. The Morgan fingerprint density at radius 3 is 2.17 bits per heavy atom. The van der Waals surface area contributed by atoms with Crippen LogP contribution in [0.3, 0.4) is 0 Å². The molecule has 0 fully saturated rings. The lowest BCUT2D eigenvalue weighted by Crippen LogP contribution is -2.13. The van der Waals surface area contributed by atoms with Crippen molar-refractivity contribution in [2.75, 3.05) is 23.6 Å². The van der Waals surface area contributed by atoms with E-state index in [9.17, 15) is 17.4 Å². The zero-order chi connectivity index (χ0) is 22.2. The largest absolute Gasteiger partial charge is 0.322 e. The first kappa shape index (κ1) is 24.1. The average Bonchev–Trinajstić information content (AvgIpc) is 2.67. The third-order valence-corrected chi connectivity index (χ3v) is 6.91. The summed E-state index contributed by atoms with van der Waals surface area (Å²) in [6.07, 6.45) is 7.87. The van der Waals surface area contributed by atoms with E-state index in [-0.39, 0.29) is 10.6 Å². The monoisotopic (exact) mass is 450 g/mol. The summed E-state index contributed by atoms with van der Waals surface area (Å²) < 4.78 is 41.1. The summed E-state index contributed by atoms with van der Waals surface area (Å²) in [4.78, 5) is 12.9. The molecule has 2 rings (SSSR count). The van der Waals surface area contributed by atoms with E-state index in [1.54, 1.807) is 36.4 Å². The number of rotatable bonds is 10. The highest BCUT2D eigenvalue weighted by Gasteiger charge is 2.15. The van der Waals surface area contributed by atoms with Crippen LogP contribution in [0.4, 0.5) is 11.4 Å². The lowest BCUT2D eigenvalue weighted by Gasteiger charge is -2.09. The van der Waals surface area contributed by atoms with E-state index in [2.05, 4.69) is 16.6 Å². The average molecular weight is 451 g/mol. The van der Waals surface area contributed by atoms with Gasteiger partial charge in [0.1, 0.15) is 0 Å². The number of amides is 1. The number of carbonyl (C=O) groups excluding carboxylic acids is 1. The van der Waals surface area contributed by atoms with Crippen molar-refractivity contribution >= 4 is 36.8 Å². The maximum atomic E-state index is 12.6. The quantitative estimate of drug-likeness (QED) is 0.513. The molecule has 0 unspecified atom stereocenters. The second kappa shape index (κ2) is 10.7. The molecule has 1 N–H and O–H groups in total. The number of carbonyl (C=O) groups is 1. The summed E-state index contributed by atoms with van der Waals surface area (Å²) in [7, 11) is -5.74. The van der Waals surface area contributed by atoms with Gasteiger partial charge in [-0.15, -0.1) is 0 Å². The molecule has 0 aliphatic rings. The summed E-state index contributed by atoms with van der Waals surface area (Å²) in [5.74, 6) is -0.269. The Morgan fingerprint density at radius 1 is 0.900 bits per heavy atom. The van der Waals surface area contributed by atoms with Crippen molar-refractivity contribution in [1.29, 1.82) is 0 Å². The molecule has 0 aliphatic heterocycles. The van der Waals surface area contributed by atoms with Gasteiger partial charge in [-0.1, -0.05) is 44.7 Å². The molecule has 8 heteroatoms. The molecule has 0 aliphatic carbocycles. The molecular formula is C22H30N2O4S2. The van der Waals surface area contributed by atoms with E-state index in [1.165, 1.54) is 24.6 Å². The van der Waals surface area contributed by atoms with Gasteiger partial charge < -0.3 is 5.32 Å². The van der Waals surface area contributed by atoms with Crippen molar-refractivity contribution < 1.29 is 17.4 Å². The van der Waals surface area contributed by atoms with Crippen LogP contribution in [0.1, 0.15) is 49.4 Å². The Morgan fingerprint density at radius 2 is 1.53 bits per heavy atom. The zero-order valence-corrected chi connectivity index (χ0v) is 19.4. The minimum absolute atomic E-state index is 0.130. The molecule has 164 valence electrons. The van der Waals surface area contributed by atoms with Crippen LogP contribution in [0.2, 0.25) is 0 Å². The van der Waals surface area contributed by atoms with Gasteiger partial charge in [0.15, 0.2) is 9.84 Å². The van der Waals surface area contributed by atoms with Crippen LogP contribution in [0.15, 0.2) is 57.8 Å². The predicted octanol–water partition coefficient (Wildman–Crippen LogP) is 5.04. The molecule has 0 radical (unpaired) electrons. The Balaban J connectivity index is 2.08. The van der Waals surface area contributed by atoms with Gasteiger partial charge in [-0.05, 0) is 42.8 Å². The highest BCUT2D eigenvalue weighted by molar-refractivity contribution is 7.92. The molecule has 2 aromatic rings. The van der Waals surface area contributed by atoms with Crippen LogP contribution in [0, 0.1) is 0 Å². The standard InChI is InChI=1S/C22H30N2O4S2/c1-4-5-6-7-10-17-30(27,28)19-15-13-18(14-16-19)23-22(25)20-11-8-9-12-21(20)24-29(2,3)26/h8-9,11-16H,4-7,10,17H2,1-3H3,(H,23,25). The van der Waals surface area contributed by atoms with Crippen molar-refractivity contribution in [2.45, 2.75) is 43.9 Å². The minimum atomic E-state index is -3.33. The Kier molecular flexibility index (Phi) is 8.61. The third kappa shape index (κ3) is 7.57. The van der Waals surface area contributed by atoms with Gasteiger partial charge >= 0.3 is 0 Å². The molecule has 30 heavy (non-hydrogen) atoms. The molecule has 0 atom stereocenters. The van der Waals surface area contributed by atoms with Crippen LogP contribution in [0.5, 0.6) is 0 Å². The summed E-state index contributed by atoms with van der Waals surface area (Å²) >= 11 is 0. The van der Waals surface area contributed by atoms with Crippen LogP contribution >= 0.6 is 0 Å². The number of nitrogens with one attached hydrogen (secondary N) is 1. The number of hydrogen-bond acceptors (Lipinski definition) is 5. The fourth-order valence-corrected chi connectivity index (χ4v) is 4.94. The van der Waals surface area contributed by atoms with E-state index < -0.39 is 25.5 Å². The summed E-state index contributed by atoms with van der Waals surface area (Å²) in [6, 6.07) is 12.8. The van der Waals surface area contributed by atoms with Crippen molar-refractivity contribution in [1.82, 2.24) is 0 Å². The van der Waals surface area contributed by atoms with E-state index in [4.69, 9.17) is 0 Å². The van der Waals surface area contributed by atoms with Crippen LogP contribution < -0.4 is 5.32 Å². The molecule has 0 heterocycles. The molecule has 0 saturated heterocycles. The van der Waals surface area contributed by atoms with Crippen molar-refractivity contribution in [3.8, 4) is 0 Å². The van der Waals surface area contributed by atoms with E-state index in [0.29, 0.717) is 23.4 Å². The lowest BCUT2D eigenvalue weighted by molar-refractivity contribution is 0.102. The molecule has 2 aromatic carbocycles. The van der Waals surface area contributed by atoms with Gasteiger partial charge in [0.25, 0.3) is 5.91 Å². The number of nitrogens with zero attached hydrogens (tertiary/aromatic N) is 1. The summed E-state index contributed by atoms with van der Waals surface area (Å²) in [5, 5.41) is 2.74. The topological polar surface area (TPSA) is 92.7 Å². The maximum absolute atomic E-state index is 12.6. The van der Waals surface area contributed by atoms with Gasteiger partial charge in [-0.3, -0.25) is 4.79 Å². The summed E-state index contributed by atoms with van der Waals surface area (Å²) in [5.41, 5.74) is 1.13. The van der Waals surface area contributed by atoms with Crippen LogP contribution in [-0.4, -0.2) is 36.8 Å². The smallest absolute Gasteiger partial charge is 0.257 e.